The van der Waals surface area contributed by atoms with E-state index >= 15 is 0 Å². The molecule has 1 unspecified atom stereocenters. The highest BCUT2D eigenvalue weighted by Gasteiger charge is 2.16. The van der Waals surface area contributed by atoms with E-state index in [2.05, 4.69) is 11.1 Å². The van der Waals surface area contributed by atoms with Gasteiger partial charge in [0, 0.05) is 6.04 Å². The van der Waals surface area contributed by atoms with E-state index in [1.165, 1.54) is 6.33 Å². The first-order valence-electron chi connectivity index (χ1n) is 4.52. The molecule has 1 aromatic rings. The van der Waals surface area contributed by atoms with Crippen molar-refractivity contribution in [3.63, 3.8) is 0 Å². The average molecular weight is 199 g/mol. The fourth-order valence-corrected chi connectivity index (χ4v) is 1.38. The summed E-state index contributed by atoms with van der Waals surface area (Å²) in [6.45, 7) is 1.93. The van der Waals surface area contributed by atoms with E-state index < -0.39 is 0 Å². The van der Waals surface area contributed by atoms with Crippen molar-refractivity contribution in [2.75, 3.05) is 0 Å². The normalized spacial score (nSPS) is 11.1. The summed E-state index contributed by atoms with van der Waals surface area (Å²) in [5, 5.41) is 26.2. The van der Waals surface area contributed by atoms with Crippen LogP contribution in [0.1, 0.15) is 37.2 Å². The van der Waals surface area contributed by atoms with Crippen LogP contribution in [-0.2, 0) is 0 Å². The van der Waals surface area contributed by atoms with Gasteiger partial charge in [-0.3, -0.25) is 0 Å². The summed E-state index contributed by atoms with van der Waals surface area (Å²) in [5.41, 5.74) is 0.355. The van der Waals surface area contributed by atoms with Gasteiger partial charge in [0.25, 0.3) is 0 Å². The van der Waals surface area contributed by atoms with Crippen molar-refractivity contribution in [1.82, 2.24) is 9.55 Å². The molecule has 0 bridgehead atoms. The molecule has 0 fully saturated rings. The lowest BCUT2D eigenvalue weighted by Crippen LogP contribution is -2.08. The molecule has 5 nitrogen and oxygen atoms in total. The molecule has 1 atom stereocenters. The number of nitrogens with zero attached hydrogens (tertiary/aromatic N) is 5. The molecule has 0 saturated heterocycles. The minimum absolute atomic E-state index is 0.0840. The van der Waals surface area contributed by atoms with Gasteiger partial charge in [0.15, 0.2) is 11.4 Å². The van der Waals surface area contributed by atoms with E-state index in [1.54, 1.807) is 4.57 Å². The fraction of sp³-hybridized carbons (Fsp3) is 0.400. The van der Waals surface area contributed by atoms with Crippen LogP contribution in [0, 0.1) is 34.0 Å². The van der Waals surface area contributed by atoms with E-state index in [0.717, 1.165) is 6.42 Å². The van der Waals surface area contributed by atoms with Crippen LogP contribution < -0.4 is 0 Å². The summed E-state index contributed by atoms with van der Waals surface area (Å²) in [5.74, 6) is 0. The Bertz CT molecular complexity index is 465. The highest BCUT2D eigenvalue weighted by Crippen LogP contribution is 2.19. The van der Waals surface area contributed by atoms with Crippen molar-refractivity contribution in [3.8, 4) is 18.2 Å². The van der Waals surface area contributed by atoms with Gasteiger partial charge in [-0.15, -0.1) is 0 Å². The summed E-state index contributed by atoms with van der Waals surface area (Å²) >= 11 is 0. The predicted octanol–water partition coefficient (Wildman–Crippen LogP) is 1.49. The van der Waals surface area contributed by atoms with E-state index in [9.17, 15) is 0 Å². The summed E-state index contributed by atoms with van der Waals surface area (Å²) < 4.78 is 1.60. The lowest BCUT2D eigenvalue weighted by atomic mass is 10.1. The minimum Gasteiger partial charge on any atom is -0.317 e. The van der Waals surface area contributed by atoms with Gasteiger partial charge in [-0.05, 0) is 6.42 Å². The lowest BCUT2D eigenvalue weighted by molar-refractivity contribution is 0.491. The minimum atomic E-state index is -0.0840. The molecule has 1 heterocycles. The molecule has 0 aliphatic carbocycles. The molecule has 15 heavy (non-hydrogen) atoms. The topological polar surface area (TPSA) is 89.2 Å². The summed E-state index contributed by atoms with van der Waals surface area (Å²) in [6.07, 6.45) is 2.48. The molecular weight excluding hydrogens is 190 g/mol. The largest absolute Gasteiger partial charge is 0.317 e. The Hall–Kier alpha value is -2.32. The first-order valence-corrected chi connectivity index (χ1v) is 4.52. The molecule has 5 heteroatoms. The van der Waals surface area contributed by atoms with Gasteiger partial charge in [0.05, 0.1) is 18.8 Å². The Morgan fingerprint density at radius 1 is 1.40 bits per heavy atom. The van der Waals surface area contributed by atoms with Gasteiger partial charge < -0.3 is 4.57 Å². The van der Waals surface area contributed by atoms with Gasteiger partial charge in [0.2, 0.25) is 0 Å². The predicted molar refractivity (Wildman–Crippen MR) is 51.2 cm³/mol. The van der Waals surface area contributed by atoms with E-state index in [1.807, 2.05) is 19.1 Å². The van der Waals surface area contributed by atoms with Crippen molar-refractivity contribution >= 4 is 0 Å². The molecule has 74 valence electrons. The molecule has 0 aliphatic heterocycles. The van der Waals surface area contributed by atoms with Crippen molar-refractivity contribution in [1.29, 1.82) is 15.8 Å². The second kappa shape index (κ2) is 4.79. The van der Waals surface area contributed by atoms with Gasteiger partial charge in [-0.2, -0.15) is 15.8 Å². The van der Waals surface area contributed by atoms with Crippen LogP contribution in [0.5, 0.6) is 0 Å². The Kier molecular flexibility index (Phi) is 3.43. The van der Waals surface area contributed by atoms with E-state index in [0.29, 0.717) is 6.42 Å². The molecule has 0 saturated carbocycles. The SMILES string of the molecule is CCC(CC#N)n1cnc(C#N)c1C#N. The second-order valence-electron chi connectivity index (χ2n) is 3.00. The van der Waals surface area contributed by atoms with Crippen LogP contribution in [0.4, 0.5) is 0 Å². The molecule has 0 radical (unpaired) electrons. The third-order valence-corrected chi connectivity index (χ3v) is 2.20. The number of hydrogen-bond acceptors (Lipinski definition) is 4. The maximum atomic E-state index is 8.89. The van der Waals surface area contributed by atoms with E-state index in [4.69, 9.17) is 15.8 Å². The van der Waals surface area contributed by atoms with Crippen LogP contribution >= 0.6 is 0 Å². The van der Waals surface area contributed by atoms with Crippen molar-refractivity contribution < 1.29 is 0 Å². The van der Waals surface area contributed by atoms with Crippen LogP contribution in [-0.4, -0.2) is 9.55 Å². The third-order valence-electron chi connectivity index (χ3n) is 2.20. The quantitative estimate of drug-likeness (QED) is 0.737. The molecule has 1 rings (SSSR count). The summed E-state index contributed by atoms with van der Waals surface area (Å²) in [6, 6.07) is 5.76. The monoisotopic (exact) mass is 199 g/mol. The highest BCUT2D eigenvalue weighted by molar-refractivity contribution is 5.36. The third kappa shape index (κ3) is 1.95. The molecule has 0 aliphatic rings. The number of hydrogen-bond donors (Lipinski definition) is 0. The number of nitriles is 3. The second-order valence-corrected chi connectivity index (χ2v) is 3.00. The van der Waals surface area contributed by atoms with Gasteiger partial charge >= 0.3 is 0 Å². The van der Waals surface area contributed by atoms with Crippen molar-refractivity contribution in [3.05, 3.63) is 17.7 Å². The molecule has 1 aromatic heterocycles. The standard InChI is InChI=1S/C10H9N5/c1-2-8(3-4-11)15-7-14-9(5-12)10(15)6-13/h7-8H,2-3H2,1H3. The van der Waals surface area contributed by atoms with Gasteiger partial charge in [-0.1, -0.05) is 6.92 Å². The Labute approximate surface area is 87.8 Å². The maximum absolute atomic E-state index is 8.89. The fourth-order valence-electron chi connectivity index (χ4n) is 1.38. The Morgan fingerprint density at radius 2 is 2.13 bits per heavy atom. The zero-order chi connectivity index (χ0) is 11.3. The molecule has 0 aromatic carbocycles. The van der Waals surface area contributed by atoms with Crippen LogP contribution in [0.2, 0.25) is 0 Å². The number of aromatic nitrogens is 2. The average Bonchev–Trinajstić information content (AvgIpc) is 2.68. The van der Waals surface area contributed by atoms with Crippen molar-refractivity contribution in [2.24, 2.45) is 0 Å². The zero-order valence-corrected chi connectivity index (χ0v) is 8.30. The molecule has 0 N–H and O–H groups in total. The smallest absolute Gasteiger partial charge is 0.176 e. The van der Waals surface area contributed by atoms with Gasteiger partial charge in [-0.25, -0.2) is 4.98 Å². The number of imidazole rings is 1. The van der Waals surface area contributed by atoms with Crippen LogP contribution in [0.25, 0.3) is 0 Å². The summed E-state index contributed by atoms with van der Waals surface area (Å²) in [7, 11) is 0. The Morgan fingerprint density at radius 3 is 2.60 bits per heavy atom. The highest BCUT2D eigenvalue weighted by atomic mass is 15.1. The van der Waals surface area contributed by atoms with Crippen LogP contribution in [0.15, 0.2) is 6.33 Å². The van der Waals surface area contributed by atoms with Gasteiger partial charge in [0.1, 0.15) is 12.1 Å². The zero-order valence-electron chi connectivity index (χ0n) is 8.30. The first-order chi connectivity index (χ1) is 7.28. The number of rotatable bonds is 3. The first kappa shape index (κ1) is 10.8. The molecular formula is C10H9N5. The lowest BCUT2D eigenvalue weighted by Gasteiger charge is -2.13. The van der Waals surface area contributed by atoms with Crippen LogP contribution in [0.3, 0.4) is 0 Å². The maximum Gasteiger partial charge on any atom is 0.176 e. The summed E-state index contributed by atoms with van der Waals surface area (Å²) in [4.78, 5) is 3.83. The van der Waals surface area contributed by atoms with Crippen molar-refractivity contribution in [2.45, 2.75) is 25.8 Å². The Balaban J connectivity index is 3.16. The molecule has 0 amide bonds. The molecule has 0 spiro atoms. The van der Waals surface area contributed by atoms with E-state index in [-0.39, 0.29) is 17.4 Å².